The molecule has 0 bridgehead atoms. The van der Waals surface area contributed by atoms with Crippen molar-refractivity contribution in [1.82, 2.24) is 4.98 Å². The molecule has 0 saturated carbocycles. The number of hydrogen-bond acceptors (Lipinski definition) is 6. The van der Waals surface area contributed by atoms with Crippen LogP contribution in [-0.4, -0.2) is 9.91 Å². The van der Waals surface area contributed by atoms with Crippen LogP contribution in [0.25, 0.3) is 16.8 Å². The maximum absolute atomic E-state index is 10.9. The average molecular weight is 413 g/mol. The van der Waals surface area contributed by atoms with Gasteiger partial charge in [0.2, 0.25) is 0 Å². The number of benzene rings is 2. The summed E-state index contributed by atoms with van der Waals surface area (Å²) in [5.41, 5.74) is 3.77. The van der Waals surface area contributed by atoms with Crippen molar-refractivity contribution in [2.24, 2.45) is 0 Å². The number of hydrogen-bond donors (Lipinski definition) is 1. The minimum Gasteiger partial charge on any atom is -0.360 e. The minimum absolute atomic E-state index is 0. The Kier molecular flexibility index (Phi) is 7.27. The fourth-order valence-electron chi connectivity index (χ4n) is 2.57. The number of thiazole rings is 1. The van der Waals surface area contributed by atoms with Crippen LogP contribution in [0.1, 0.15) is 17.5 Å². The van der Waals surface area contributed by atoms with E-state index >= 15 is 0 Å². The van der Waals surface area contributed by atoms with Gasteiger partial charge in [-0.15, -0.1) is 23.7 Å². The van der Waals surface area contributed by atoms with Gasteiger partial charge < -0.3 is 5.32 Å². The molecule has 0 fully saturated rings. The quantitative estimate of drug-likeness (QED) is 0.319. The Bertz CT molecular complexity index is 1060. The van der Waals surface area contributed by atoms with Gasteiger partial charge in [0.15, 0.2) is 0 Å². The van der Waals surface area contributed by atoms with E-state index in [0.29, 0.717) is 21.8 Å². The van der Waals surface area contributed by atoms with Crippen LogP contribution in [0.2, 0.25) is 0 Å². The number of non-ortho nitro benzene ring substituents is 1. The van der Waals surface area contributed by atoms with Gasteiger partial charge >= 0.3 is 0 Å². The SMILES string of the molecule is CCc1ccccc1NC=C(C#N)c1nc(-c2cccc([N+](=O)[O-])c2)cs1.Cl. The van der Waals surface area contributed by atoms with E-state index in [1.165, 1.54) is 23.5 Å². The lowest BCUT2D eigenvalue weighted by Crippen LogP contribution is -1.95. The molecule has 1 heterocycles. The van der Waals surface area contributed by atoms with Crippen LogP contribution < -0.4 is 5.32 Å². The van der Waals surface area contributed by atoms with E-state index in [9.17, 15) is 15.4 Å². The van der Waals surface area contributed by atoms with Crippen LogP contribution in [-0.2, 0) is 6.42 Å². The standard InChI is InChI=1S/C20H16N4O2S.ClH/c1-2-14-6-3-4-9-18(14)22-12-16(11-21)20-23-19(13-27-20)15-7-5-8-17(10-15)24(25)26;/h3-10,12-13,22H,2H2,1H3;1H. The molecule has 0 unspecified atom stereocenters. The highest BCUT2D eigenvalue weighted by atomic mass is 35.5. The molecule has 0 aliphatic heterocycles. The summed E-state index contributed by atoms with van der Waals surface area (Å²) in [6.45, 7) is 2.07. The molecule has 3 aromatic rings. The predicted molar refractivity (Wildman–Crippen MR) is 114 cm³/mol. The van der Waals surface area contributed by atoms with Crippen LogP contribution in [0, 0.1) is 21.4 Å². The molecule has 2 aromatic carbocycles. The molecule has 0 aliphatic carbocycles. The summed E-state index contributed by atoms with van der Waals surface area (Å²) in [6, 6.07) is 16.4. The lowest BCUT2D eigenvalue weighted by molar-refractivity contribution is -0.384. The monoisotopic (exact) mass is 412 g/mol. The van der Waals surface area contributed by atoms with Crippen molar-refractivity contribution in [3.8, 4) is 17.3 Å². The number of nitro groups is 1. The topological polar surface area (TPSA) is 91.8 Å². The largest absolute Gasteiger partial charge is 0.360 e. The molecule has 6 nitrogen and oxygen atoms in total. The molecule has 0 spiro atoms. The van der Waals surface area contributed by atoms with Gasteiger partial charge in [-0.1, -0.05) is 37.3 Å². The Morgan fingerprint density at radius 1 is 1.32 bits per heavy atom. The first kappa shape index (κ1) is 21.1. The fraction of sp³-hybridized carbons (Fsp3) is 0.100. The summed E-state index contributed by atoms with van der Waals surface area (Å²) in [5.74, 6) is 0. The Labute approximate surface area is 172 Å². The van der Waals surface area contributed by atoms with E-state index < -0.39 is 4.92 Å². The van der Waals surface area contributed by atoms with E-state index in [2.05, 4.69) is 23.3 Å². The maximum Gasteiger partial charge on any atom is 0.270 e. The Hall–Kier alpha value is -3.21. The number of para-hydroxylation sites is 1. The smallest absolute Gasteiger partial charge is 0.270 e. The molecule has 0 amide bonds. The number of nitriles is 1. The second kappa shape index (κ2) is 9.65. The summed E-state index contributed by atoms with van der Waals surface area (Å²) in [5, 5.41) is 26.0. The van der Waals surface area contributed by atoms with E-state index in [1.54, 1.807) is 23.7 Å². The average Bonchev–Trinajstić information content (AvgIpc) is 3.19. The summed E-state index contributed by atoms with van der Waals surface area (Å²) in [6.07, 6.45) is 2.53. The third-order valence-corrected chi connectivity index (χ3v) is 4.85. The van der Waals surface area contributed by atoms with Crippen molar-refractivity contribution >= 4 is 40.7 Å². The lowest BCUT2D eigenvalue weighted by atomic mass is 10.1. The van der Waals surface area contributed by atoms with Crippen molar-refractivity contribution in [1.29, 1.82) is 5.26 Å². The third kappa shape index (κ3) is 4.74. The van der Waals surface area contributed by atoms with Crippen LogP contribution in [0.15, 0.2) is 60.1 Å². The summed E-state index contributed by atoms with van der Waals surface area (Å²) in [7, 11) is 0. The fourth-order valence-corrected chi connectivity index (χ4v) is 3.36. The van der Waals surface area contributed by atoms with Gasteiger partial charge in [0.1, 0.15) is 16.6 Å². The maximum atomic E-state index is 10.9. The number of nitro benzene ring substituents is 1. The second-order valence-electron chi connectivity index (χ2n) is 5.67. The number of anilines is 1. The van der Waals surface area contributed by atoms with Crippen LogP contribution in [0.4, 0.5) is 11.4 Å². The number of rotatable bonds is 6. The van der Waals surface area contributed by atoms with Gasteiger partial charge in [-0.25, -0.2) is 4.98 Å². The van der Waals surface area contributed by atoms with Crippen molar-refractivity contribution in [2.45, 2.75) is 13.3 Å². The molecular weight excluding hydrogens is 396 g/mol. The van der Waals surface area contributed by atoms with Crippen LogP contribution in [0.5, 0.6) is 0 Å². The van der Waals surface area contributed by atoms with Crippen molar-refractivity contribution in [2.75, 3.05) is 5.32 Å². The molecule has 28 heavy (non-hydrogen) atoms. The Morgan fingerprint density at radius 3 is 2.82 bits per heavy atom. The summed E-state index contributed by atoms with van der Waals surface area (Å²) < 4.78 is 0. The van der Waals surface area contributed by atoms with Gasteiger partial charge in [0.25, 0.3) is 5.69 Å². The molecule has 0 atom stereocenters. The van der Waals surface area contributed by atoms with E-state index in [0.717, 1.165) is 17.7 Å². The lowest BCUT2D eigenvalue weighted by Gasteiger charge is -2.07. The van der Waals surface area contributed by atoms with Gasteiger partial charge in [0, 0.05) is 35.0 Å². The van der Waals surface area contributed by atoms with Gasteiger partial charge in [0.05, 0.1) is 10.6 Å². The first-order valence-electron chi connectivity index (χ1n) is 8.27. The highest BCUT2D eigenvalue weighted by Crippen LogP contribution is 2.28. The molecular formula is C20H17ClN4O2S. The number of allylic oxidation sites excluding steroid dienone is 1. The van der Waals surface area contributed by atoms with Gasteiger partial charge in [-0.2, -0.15) is 5.26 Å². The molecule has 1 aromatic heterocycles. The molecule has 1 N–H and O–H groups in total. The molecule has 3 rings (SSSR count). The predicted octanol–water partition coefficient (Wildman–Crippen LogP) is 5.68. The van der Waals surface area contributed by atoms with E-state index in [4.69, 9.17) is 0 Å². The number of aromatic nitrogens is 1. The molecule has 0 radical (unpaired) electrons. The van der Waals surface area contributed by atoms with Crippen molar-refractivity contribution in [3.63, 3.8) is 0 Å². The highest BCUT2D eigenvalue weighted by Gasteiger charge is 2.12. The Morgan fingerprint density at radius 2 is 2.11 bits per heavy atom. The number of halogens is 1. The summed E-state index contributed by atoms with van der Waals surface area (Å²) in [4.78, 5) is 15.0. The van der Waals surface area contributed by atoms with Gasteiger partial charge in [-0.3, -0.25) is 10.1 Å². The Balaban J connectivity index is 0.00000280. The van der Waals surface area contributed by atoms with E-state index in [1.807, 2.05) is 24.3 Å². The zero-order valence-electron chi connectivity index (χ0n) is 15.0. The minimum atomic E-state index is -0.438. The van der Waals surface area contributed by atoms with E-state index in [-0.39, 0.29) is 18.1 Å². The highest BCUT2D eigenvalue weighted by molar-refractivity contribution is 7.11. The first-order valence-corrected chi connectivity index (χ1v) is 9.15. The first-order chi connectivity index (χ1) is 13.1. The zero-order valence-corrected chi connectivity index (χ0v) is 16.6. The zero-order chi connectivity index (χ0) is 19.2. The molecule has 142 valence electrons. The number of nitrogens with zero attached hydrogens (tertiary/aromatic N) is 3. The molecule has 8 heteroatoms. The molecule has 0 saturated heterocycles. The van der Waals surface area contributed by atoms with Crippen molar-refractivity contribution in [3.05, 3.63) is 80.8 Å². The number of nitrogens with one attached hydrogen (secondary N) is 1. The third-order valence-electron chi connectivity index (χ3n) is 3.98. The van der Waals surface area contributed by atoms with Gasteiger partial charge in [-0.05, 0) is 18.1 Å². The number of aryl methyl sites for hydroxylation is 1. The molecule has 0 aliphatic rings. The van der Waals surface area contributed by atoms with Crippen LogP contribution >= 0.6 is 23.7 Å². The second-order valence-corrected chi connectivity index (χ2v) is 6.53. The summed E-state index contributed by atoms with van der Waals surface area (Å²) >= 11 is 1.32. The van der Waals surface area contributed by atoms with Crippen LogP contribution in [0.3, 0.4) is 0 Å². The normalized spacial score (nSPS) is 10.6. The van der Waals surface area contributed by atoms with Crippen molar-refractivity contribution < 1.29 is 4.92 Å².